The van der Waals surface area contributed by atoms with Crippen molar-refractivity contribution in [3.63, 3.8) is 0 Å². The van der Waals surface area contributed by atoms with E-state index in [2.05, 4.69) is 26.2 Å². The van der Waals surface area contributed by atoms with Gasteiger partial charge >= 0.3 is 0 Å². The summed E-state index contributed by atoms with van der Waals surface area (Å²) in [7, 11) is 1.82. The Hall–Kier alpha value is -1.55. The lowest BCUT2D eigenvalue weighted by Crippen LogP contribution is -1.92. The fraction of sp³-hybridized carbons (Fsp3) is 0.0833. The molecule has 0 atom stereocenters. The van der Waals surface area contributed by atoms with Crippen LogP contribution in [0.4, 0.5) is 5.82 Å². The second-order valence-electron chi connectivity index (χ2n) is 3.16. The molecule has 0 saturated carbocycles. The molecule has 0 aliphatic carbocycles. The van der Waals surface area contributed by atoms with Crippen molar-refractivity contribution >= 4 is 21.7 Å². The van der Waals surface area contributed by atoms with Gasteiger partial charge in [0, 0.05) is 19.3 Å². The number of para-hydroxylation sites is 1. The third-order valence-electron chi connectivity index (χ3n) is 2.05. The van der Waals surface area contributed by atoms with E-state index in [1.807, 2.05) is 43.4 Å². The van der Waals surface area contributed by atoms with Gasteiger partial charge in [-0.25, -0.2) is 4.98 Å². The van der Waals surface area contributed by atoms with Crippen molar-refractivity contribution in [3.05, 3.63) is 47.1 Å². The van der Waals surface area contributed by atoms with Crippen molar-refractivity contribution < 1.29 is 4.74 Å². The van der Waals surface area contributed by atoms with Crippen LogP contribution in [-0.4, -0.2) is 12.0 Å². The number of halogens is 1. The fourth-order valence-electron chi connectivity index (χ4n) is 1.27. The summed E-state index contributed by atoms with van der Waals surface area (Å²) in [6.07, 6.45) is 1.71. The van der Waals surface area contributed by atoms with Gasteiger partial charge in [-0.15, -0.1) is 0 Å². The van der Waals surface area contributed by atoms with Crippen LogP contribution in [0.3, 0.4) is 0 Å². The fourth-order valence-corrected chi connectivity index (χ4v) is 1.63. The van der Waals surface area contributed by atoms with Crippen LogP contribution in [0.2, 0.25) is 0 Å². The van der Waals surface area contributed by atoms with E-state index in [1.165, 1.54) is 0 Å². The summed E-state index contributed by atoms with van der Waals surface area (Å²) in [5.74, 6) is 2.33. The normalized spacial score (nSPS) is 9.88. The Labute approximate surface area is 103 Å². The summed E-state index contributed by atoms with van der Waals surface area (Å²) >= 11 is 3.43. The number of ether oxygens (including phenoxy) is 1. The minimum absolute atomic E-state index is 0.756. The van der Waals surface area contributed by atoms with E-state index < -0.39 is 0 Å². The number of anilines is 1. The summed E-state index contributed by atoms with van der Waals surface area (Å²) in [5, 5.41) is 2.96. The molecule has 2 rings (SSSR count). The first-order chi connectivity index (χ1) is 7.79. The zero-order valence-electron chi connectivity index (χ0n) is 8.77. The third kappa shape index (κ3) is 2.52. The average Bonchev–Trinajstić information content (AvgIpc) is 2.32. The van der Waals surface area contributed by atoms with E-state index in [4.69, 9.17) is 4.74 Å². The van der Waals surface area contributed by atoms with Crippen molar-refractivity contribution in [1.82, 2.24) is 4.98 Å². The van der Waals surface area contributed by atoms with Gasteiger partial charge in [-0.05, 0) is 34.1 Å². The smallest absolute Gasteiger partial charge is 0.141 e. The predicted molar refractivity (Wildman–Crippen MR) is 68.0 cm³/mol. The molecule has 16 heavy (non-hydrogen) atoms. The topological polar surface area (TPSA) is 34.1 Å². The van der Waals surface area contributed by atoms with Crippen LogP contribution in [0.1, 0.15) is 0 Å². The molecule has 4 heteroatoms. The Kier molecular flexibility index (Phi) is 3.41. The number of hydrogen-bond donors (Lipinski definition) is 1. The van der Waals surface area contributed by atoms with Gasteiger partial charge in [-0.1, -0.05) is 12.1 Å². The van der Waals surface area contributed by atoms with E-state index in [0.29, 0.717) is 0 Å². The standard InChI is InChI=1S/C12H11BrN2O/c1-14-12-8-9(6-7-15-12)16-11-5-3-2-4-10(11)13/h2-8H,1H3,(H,14,15). The van der Waals surface area contributed by atoms with Gasteiger partial charge in [-0.3, -0.25) is 0 Å². The highest BCUT2D eigenvalue weighted by molar-refractivity contribution is 9.10. The molecule has 0 aliphatic rings. The lowest BCUT2D eigenvalue weighted by molar-refractivity contribution is 0.479. The summed E-state index contributed by atoms with van der Waals surface area (Å²) < 4.78 is 6.65. The van der Waals surface area contributed by atoms with E-state index in [9.17, 15) is 0 Å². The maximum absolute atomic E-state index is 5.72. The summed E-state index contributed by atoms with van der Waals surface area (Å²) in [4.78, 5) is 4.12. The Bertz CT molecular complexity index is 488. The van der Waals surface area contributed by atoms with Crippen LogP contribution in [0.5, 0.6) is 11.5 Å². The molecule has 2 aromatic rings. The molecule has 0 amide bonds. The van der Waals surface area contributed by atoms with Crippen LogP contribution < -0.4 is 10.1 Å². The first kappa shape index (κ1) is 11.0. The predicted octanol–water partition coefficient (Wildman–Crippen LogP) is 3.68. The first-order valence-corrected chi connectivity index (χ1v) is 5.65. The van der Waals surface area contributed by atoms with Crippen molar-refractivity contribution in [1.29, 1.82) is 0 Å². The summed E-state index contributed by atoms with van der Waals surface area (Å²) in [6, 6.07) is 11.4. The van der Waals surface area contributed by atoms with Gasteiger partial charge in [0.15, 0.2) is 0 Å². The molecule has 0 fully saturated rings. The van der Waals surface area contributed by atoms with Crippen molar-refractivity contribution in [3.8, 4) is 11.5 Å². The molecule has 3 nitrogen and oxygen atoms in total. The maximum Gasteiger partial charge on any atom is 0.141 e. The maximum atomic E-state index is 5.72. The monoisotopic (exact) mass is 278 g/mol. The third-order valence-corrected chi connectivity index (χ3v) is 2.71. The quantitative estimate of drug-likeness (QED) is 0.930. The van der Waals surface area contributed by atoms with E-state index >= 15 is 0 Å². The molecule has 1 aromatic heterocycles. The number of benzene rings is 1. The van der Waals surface area contributed by atoms with Crippen molar-refractivity contribution in [2.75, 3.05) is 12.4 Å². The summed E-state index contributed by atoms with van der Waals surface area (Å²) in [5.41, 5.74) is 0. The molecule has 0 bridgehead atoms. The van der Waals surface area contributed by atoms with Gasteiger partial charge < -0.3 is 10.1 Å². The second kappa shape index (κ2) is 4.99. The Morgan fingerprint density at radius 2 is 2.06 bits per heavy atom. The minimum atomic E-state index is 0.756. The van der Waals surface area contributed by atoms with Gasteiger partial charge in [0.2, 0.25) is 0 Å². The first-order valence-electron chi connectivity index (χ1n) is 4.86. The SMILES string of the molecule is CNc1cc(Oc2ccccc2Br)ccn1. The molecule has 0 aliphatic heterocycles. The Morgan fingerprint density at radius 3 is 2.81 bits per heavy atom. The highest BCUT2D eigenvalue weighted by Gasteiger charge is 2.02. The number of nitrogens with zero attached hydrogens (tertiary/aromatic N) is 1. The largest absolute Gasteiger partial charge is 0.456 e. The molecule has 0 unspecified atom stereocenters. The summed E-state index contributed by atoms with van der Waals surface area (Å²) in [6.45, 7) is 0. The van der Waals surface area contributed by atoms with Crippen LogP contribution in [0, 0.1) is 0 Å². The van der Waals surface area contributed by atoms with Gasteiger partial charge in [0.1, 0.15) is 17.3 Å². The zero-order valence-corrected chi connectivity index (χ0v) is 10.4. The molecule has 1 heterocycles. The van der Waals surface area contributed by atoms with E-state index in [1.54, 1.807) is 6.20 Å². The highest BCUT2D eigenvalue weighted by Crippen LogP contribution is 2.29. The Morgan fingerprint density at radius 1 is 1.25 bits per heavy atom. The van der Waals surface area contributed by atoms with Crippen molar-refractivity contribution in [2.24, 2.45) is 0 Å². The van der Waals surface area contributed by atoms with Gasteiger partial charge in [0.25, 0.3) is 0 Å². The molecule has 0 spiro atoms. The Balaban J connectivity index is 2.24. The lowest BCUT2D eigenvalue weighted by Gasteiger charge is -2.08. The molecule has 0 radical (unpaired) electrons. The zero-order chi connectivity index (χ0) is 11.4. The number of pyridine rings is 1. The van der Waals surface area contributed by atoms with Crippen LogP contribution >= 0.6 is 15.9 Å². The van der Waals surface area contributed by atoms with E-state index in [0.717, 1.165) is 21.8 Å². The molecule has 0 saturated heterocycles. The highest BCUT2D eigenvalue weighted by atomic mass is 79.9. The van der Waals surface area contributed by atoms with Gasteiger partial charge in [0.05, 0.1) is 4.47 Å². The number of aromatic nitrogens is 1. The van der Waals surface area contributed by atoms with Crippen LogP contribution in [0.25, 0.3) is 0 Å². The number of nitrogens with one attached hydrogen (secondary N) is 1. The molecular weight excluding hydrogens is 268 g/mol. The molecule has 82 valence electrons. The molecule has 1 aromatic carbocycles. The van der Waals surface area contributed by atoms with Gasteiger partial charge in [-0.2, -0.15) is 0 Å². The molecule has 1 N–H and O–H groups in total. The molecular formula is C12H11BrN2O. The van der Waals surface area contributed by atoms with E-state index in [-0.39, 0.29) is 0 Å². The van der Waals surface area contributed by atoms with Crippen LogP contribution in [0.15, 0.2) is 47.1 Å². The minimum Gasteiger partial charge on any atom is -0.456 e. The lowest BCUT2D eigenvalue weighted by atomic mass is 10.3. The number of hydrogen-bond acceptors (Lipinski definition) is 3. The van der Waals surface area contributed by atoms with Crippen molar-refractivity contribution in [2.45, 2.75) is 0 Å². The number of rotatable bonds is 3. The average molecular weight is 279 g/mol. The van der Waals surface area contributed by atoms with Crippen LogP contribution in [-0.2, 0) is 0 Å². The second-order valence-corrected chi connectivity index (χ2v) is 4.01.